The largest absolute Gasteiger partial charge is 0.393 e. The molecule has 1 aromatic rings. The van der Waals surface area contributed by atoms with Crippen molar-refractivity contribution in [3.8, 4) is 0 Å². The molecule has 0 spiro atoms. The van der Waals surface area contributed by atoms with Crippen LogP contribution in [0.1, 0.15) is 48.2 Å². The minimum absolute atomic E-state index is 0.0718. The molecule has 1 aliphatic carbocycles. The van der Waals surface area contributed by atoms with Gasteiger partial charge in [0, 0.05) is 17.2 Å². The Balaban J connectivity index is 1.79. The van der Waals surface area contributed by atoms with Gasteiger partial charge in [0.2, 0.25) is 0 Å². The summed E-state index contributed by atoms with van der Waals surface area (Å²) in [5, 5.41) is 3.13. The molecular weight excluding hydrogens is 226 g/mol. The first-order chi connectivity index (χ1) is 7.72. The maximum Gasteiger partial charge on any atom is 0.314 e. The Morgan fingerprint density at radius 1 is 1.19 bits per heavy atom. The second-order valence-corrected chi connectivity index (χ2v) is 5.23. The predicted molar refractivity (Wildman–Crippen MR) is 57.2 cm³/mol. The van der Waals surface area contributed by atoms with E-state index in [2.05, 4.69) is 9.72 Å². The van der Waals surface area contributed by atoms with Crippen LogP contribution in [0.3, 0.4) is 0 Å². The van der Waals surface area contributed by atoms with Gasteiger partial charge in [-0.2, -0.15) is 0 Å². The number of hydrogen-bond donors (Lipinski definition) is 0. The fourth-order valence-corrected chi connectivity index (χ4v) is 2.97. The Hall–Kier alpha value is -1.23. The van der Waals surface area contributed by atoms with Crippen molar-refractivity contribution in [1.82, 2.24) is 4.98 Å². The van der Waals surface area contributed by atoms with E-state index in [1.165, 1.54) is 12.8 Å². The third-order valence-electron chi connectivity index (χ3n) is 2.94. The lowest BCUT2D eigenvalue weighted by Crippen LogP contribution is -2.24. The van der Waals surface area contributed by atoms with E-state index in [1.54, 1.807) is 11.3 Å². The van der Waals surface area contributed by atoms with Gasteiger partial charge in [-0.15, -0.1) is 11.3 Å². The number of carbonyl (C=O) groups excluding carboxylic acids is 2. The van der Waals surface area contributed by atoms with Crippen LogP contribution in [0.15, 0.2) is 5.38 Å². The Labute approximate surface area is 96.6 Å². The molecule has 4 nitrogen and oxygen atoms in total. The van der Waals surface area contributed by atoms with Gasteiger partial charge in [0.25, 0.3) is 0 Å². The number of rotatable bonds is 2. The van der Waals surface area contributed by atoms with Crippen LogP contribution in [-0.2, 0) is 14.3 Å². The van der Waals surface area contributed by atoms with Crippen molar-refractivity contribution in [1.29, 1.82) is 0 Å². The van der Waals surface area contributed by atoms with Crippen molar-refractivity contribution in [3.63, 3.8) is 0 Å². The zero-order valence-electron chi connectivity index (χ0n) is 8.64. The lowest BCUT2D eigenvalue weighted by Gasteiger charge is -2.17. The summed E-state index contributed by atoms with van der Waals surface area (Å²) in [6.07, 6.45) is 3.00. The first kappa shape index (κ1) is 9.96. The Morgan fingerprint density at radius 3 is 2.50 bits per heavy atom. The van der Waals surface area contributed by atoms with Crippen LogP contribution in [0, 0.1) is 0 Å². The lowest BCUT2D eigenvalue weighted by atomic mass is 9.97. The smallest absolute Gasteiger partial charge is 0.314 e. The number of nitrogens with zero attached hydrogens (tertiary/aromatic N) is 1. The third-order valence-corrected chi connectivity index (χ3v) is 3.96. The number of hydrogen-bond acceptors (Lipinski definition) is 5. The van der Waals surface area contributed by atoms with E-state index in [0.29, 0.717) is 5.92 Å². The highest BCUT2D eigenvalue weighted by Crippen LogP contribution is 2.42. The number of aromatic nitrogens is 1. The molecule has 3 rings (SSSR count). The second kappa shape index (κ2) is 3.66. The molecule has 1 aromatic heterocycles. The van der Waals surface area contributed by atoms with Crippen molar-refractivity contribution in [2.24, 2.45) is 0 Å². The summed E-state index contributed by atoms with van der Waals surface area (Å²) >= 11 is 1.64. The van der Waals surface area contributed by atoms with Crippen molar-refractivity contribution in [3.05, 3.63) is 16.1 Å². The molecule has 0 atom stereocenters. The molecule has 0 radical (unpaired) electrons. The zero-order valence-corrected chi connectivity index (χ0v) is 9.46. The van der Waals surface area contributed by atoms with E-state index in [4.69, 9.17) is 0 Å². The Kier molecular flexibility index (Phi) is 2.28. The number of carbonyl (C=O) groups is 2. The SMILES string of the molecule is O=C1CC(c2csc(C3CC3)n2)CC(=O)O1. The first-order valence-electron chi connectivity index (χ1n) is 5.41. The molecule has 2 heterocycles. The fraction of sp³-hybridized carbons (Fsp3) is 0.545. The van der Waals surface area contributed by atoms with Crippen LogP contribution in [0.25, 0.3) is 0 Å². The second-order valence-electron chi connectivity index (χ2n) is 4.34. The maximum absolute atomic E-state index is 11.1. The standard InChI is InChI=1S/C11H11NO3S/c13-9-3-7(4-10(14)15-9)8-5-16-11(12-8)6-1-2-6/h5-7H,1-4H2. The van der Waals surface area contributed by atoms with Crippen molar-refractivity contribution >= 4 is 23.3 Å². The number of ether oxygens (including phenoxy) is 1. The van der Waals surface area contributed by atoms with Crippen LogP contribution in [0.5, 0.6) is 0 Å². The van der Waals surface area contributed by atoms with Gasteiger partial charge < -0.3 is 4.74 Å². The van der Waals surface area contributed by atoms with Gasteiger partial charge in [-0.1, -0.05) is 0 Å². The van der Waals surface area contributed by atoms with Gasteiger partial charge >= 0.3 is 11.9 Å². The van der Waals surface area contributed by atoms with Crippen LogP contribution in [-0.4, -0.2) is 16.9 Å². The summed E-state index contributed by atoms with van der Waals surface area (Å²) in [4.78, 5) is 26.8. The normalized spacial score (nSPS) is 22.2. The Morgan fingerprint density at radius 2 is 1.88 bits per heavy atom. The molecule has 1 saturated carbocycles. The van der Waals surface area contributed by atoms with Crippen LogP contribution < -0.4 is 0 Å². The van der Waals surface area contributed by atoms with Crippen molar-refractivity contribution in [2.75, 3.05) is 0 Å². The van der Waals surface area contributed by atoms with Crippen molar-refractivity contribution < 1.29 is 14.3 Å². The number of cyclic esters (lactones) is 2. The van der Waals surface area contributed by atoms with Gasteiger partial charge in [-0.25, -0.2) is 4.98 Å². The minimum Gasteiger partial charge on any atom is -0.393 e. The lowest BCUT2D eigenvalue weighted by molar-refractivity contribution is -0.164. The summed E-state index contributed by atoms with van der Waals surface area (Å²) in [6.45, 7) is 0. The molecule has 16 heavy (non-hydrogen) atoms. The van der Waals surface area contributed by atoms with E-state index < -0.39 is 11.9 Å². The molecule has 0 unspecified atom stereocenters. The van der Waals surface area contributed by atoms with Gasteiger partial charge in [-0.3, -0.25) is 9.59 Å². The van der Waals surface area contributed by atoms with E-state index in [0.717, 1.165) is 10.7 Å². The highest BCUT2D eigenvalue weighted by atomic mass is 32.1. The number of esters is 2. The summed E-state index contributed by atoms with van der Waals surface area (Å²) < 4.78 is 4.50. The summed E-state index contributed by atoms with van der Waals surface area (Å²) in [7, 11) is 0. The molecule has 0 aromatic carbocycles. The monoisotopic (exact) mass is 237 g/mol. The summed E-state index contributed by atoms with van der Waals surface area (Å²) in [5.41, 5.74) is 0.886. The molecule has 0 bridgehead atoms. The highest BCUT2D eigenvalue weighted by Gasteiger charge is 2.32. The van der Waals surface area contributed by atoms with E-state index in [9.17, 15) is 9.59 Å². The van der Waals surface area contributed by atoms with Gasteiger partial charge in [0.05, 0.1) is 23.5 Å². The van der Waals surface area contributed by atoms with Crippen LogP contribution >= 0.6 is 11.3 Å². The Bertz CT molecular complexity index is 434. The van der Waals surface area contributed by atoms with E-state index in [-0.39, 0.29) is 18.8 Å². The van der Waals surface area contributed by atoms with Gasteiger partial charge in [0.15, 0.2) is 0 Å². The van der Waals surface area contributed by atoms with Crippen LogP contribution in [0.4, 0.5) is 0 Å². The van der Waals surface area contributed by atoms with Gasteiger partial charge in [-0.05, 0) is 12.8 Å². The molecule has 84 valence electrons. The molecule has 2 fully saturated rings. The molecule has 0 amide bonds. The topological polar surface area (TPSA) is 56.3 Å². The quantitative estimate of drug-likeness (QED) is 0.583. The van der Waals surface area contributed by atoms with Crippen LogP contribution in [0.2, 0.25) is 0 Å². The molecular formula is C11H11NO3S. The number of thiazole rings is 1. The van der Waals surface area contributed by atoms with Crippen molar-refractivity contribution in [2.45, 2.75) is 37.5 Å². The summed E-state index contributed by atoms with van der Waals surface area (Å²) in [6, 6.07) is 0. The van der Waals surface area contributed by atoms with E-state index >= 15 is 0 Å². The molecule has 5 heteroatoms. The first-order valence-corrected chi connectivity index (χ1v) is 6.29. The molecule has 1 saturated heterocycles. The third kappa shape index (κ3) is 1.87. The van der Waals surface area contributed by atoms with E-state index in [1.807, 2.05) is 5.38 Å². The molecule has 1 aliphatic heterocycles. The highest BCUT2D eigenvalue weighted by molar-refractivity contribution is 7.09. The minimum atomic E-state index is -0.428. The maximum atomic E-state index is 11.1. The predicted octanol–water partition coefficient (Wildman–Crippen LogP) is 1.97. The van der Waals surface area contributed by atoms with Gasteiger partial charge in [0.1, 0.15) is 0 Å². The molecule has 0 N–H and O–H groups in total. The molecule has 2 aliphatic rings. The average Bonchev–Trinajstić information content (AvgIpc) is 2.95. The average molecular weight is 237 g/mol. The zero-order chi connectivity index (χ0) is 11.1. The summed E-state index contributed by atoms with van der Waals surface area (Å²) in [5.74, 6) is -0.299. The fourth-order valence-electron chi connectivity index (χ4n) is 1.90.